The van der Waals surface area contributed by atoms with Crippen LogP contribution in [0.15, 0.2) is 17.5 Å². The Morgan fingerprint density at radius 3 is 2.72 bits per heavy atom. The van der Waals surface area contributed by atoms with Crippen molar-refractivity contribution in [2.75, 3.05) is 0 Å². The summed E-state index contributed by atoms with van der Waals surface area (Å²) in [6, 6.07) is 5.57. The molecule has 0 aromatic carbocycles. The molecule has 1 heterocycles. The van der Waals surface area contributed by atoms with E-state index in [9.17, 15) is 0 Å². The fourth-order valence-corrected chi connectivity index (χ4v) is 5.33. The van der Waals surface area contributed by atoms with Gasteiger partial charge in [-0.1, -0.05) is 26.8 Å². The van der Waals surface area contributed by atoms with Crippen molar-refractivity contribution in [1.82, 2.24) is 5.32 Å². The molecule has 0 aliphatic heterocycles. The minimum atomic E-state index is 0.457. The highest BCUT2D eigenvalue weighted by Gasteiger charge is 2.59. The lowest BCUT2D eigenvalue weighted by molar-refractivity contribution is 0.101. The van der Waals surface area contributed by atoms with Gasteiger partial charge in [0.15, 0.2) is 0 Å². The number of nitrogens with one attached hydrogen (secondary N) is 1. The molecule has 1 nitrogen and oxygen atoms in total. The van der Waals surface area contributed by atoms with E-state index in [0.29, 0.717) is 22.9 Å². The van der Waals surface area contributed by atoms with Crippen LogP contribution in [0, 0.1) is 16.7 Å². The standard InChI is InChI=1S/C16H25NS/c1-11(13-6-5-9-18-13)17-14-15(2,3)12-7-8-16(14,4)10-12/h5-6,9,11-12,14,17H,7-8,10H2,1-4H3/t11-,12?,14?,16?/m1/s1. The zero-order chi connectivity index (χ0) is 13.0. The van der Waals surface area contributed by atoms with Crippen molar-refractivity contribution in [1.29, 1.82) is 0 Å². The molecule has 100 valence electrons. The third-order valence-electron chi connectivity index (χ3n) is 5.66. The van der Waals surface area contributed by atoms with Gasteiger partial charge in [-0.3, -0.25) is 0 Å². The molecule has 0 amide bonds. The first kappa shape index (κ1) is 12.7. The van der Waals surface area contributed by atoms with Crippen LogP contribution in [0.3, 0.4) is 0 Å². The first-order valence-electron chi connectivity index (χ1n) is 7.23. The Balaban J connectivity index is 1.80. The highest BCUT2D eigenvalue weighted by molar-refractivity contribution is 7.10. The Kier molecular flexibility index (Phi) is 2.87. The van der Waals surface area contributed by atoms with Crippen molar-refractivity contribution in [3.63, 3.8) is 0 Å². The maximum Gasteiger partial charge on any atom is 0.0388 e. The van der Waals surface area contributed by atoms with Crippen molar-refractivity contribution < 1.29 is 0 Å². The predicted molar refractivity (Wildman–Crippen MR) is 78.9 cm³/mol. The molecule has 0 spiro atoms. The van der Waals surface area contributed by atoms with Crippen molar-refractivity contribution >= 4 is 11.3 Å². The van der Waals surface area contributed by atoms with Crippen LogP contribution in [0.4, 0.5) is 0 Å². The molecule has 18 heavy (non-hydrogen) atoms. The lowest BCUT2D eigenvalue weighted by Crippen LogP contribution is -2.50. The summed E-state index contributed by atoms with van der Waals surface area (Å²) in [5.41, 5.74) is 0.984. The van der Waals surface area contributed by atoms with Gasteiger partial charge < -0.3 is 5.32 Å². The maximum atomic E-state index is 3.95. The van der Waals surface area contributed by atoms with Crippen LogP contribution >= 0.6 is 11.3 Å². The zero-order valence-electron chi connectivity index (χ0n) is 12.0. The Labute approximate surface area is 115 Å². The van der Waals surface area contributed by atoms with E-state index in [2.05, 4.69) is 50.5 Å². The molecular weight excluding hydrogens is 238 g/mol. The molecule has 2 fully saturated rings. The van der Waals surface area contributed by atoms with E-state index >= 15 is 0 Å². The summed E-state index contributed by atoms with van der Waals surface area (Å²) < 4.78 is 0. The van der Waals surface area contributed by atoms with Crippen molar-refractivity contribution in [2.45, 2.75) is 59.0 Å². The third kappa shape index (κ3) is 1.77. The van der Waals surface area contributed by atoms with Crippen LogP contribution in [0.2, 0.25) is 0 Å². The Morgan fingerprint density at radius 1 is 1.39 bits per heavy atom. The lowest BCUT2D eigenvalue weighted by atomic mass is 9.68. The summed E-state index contributed by atoms with van der Waals surface area (Å²) in [5, 5.41) is 6.14. The first-order valence-corrected chi connectivity index (χ1v) is 8.11. The van der Waals surface area contributed by atoms with E-state index in [0.717, 1.165) is 5.92 Å². The van der Waals surface area contributed by atoms with E-state index in [1.807, 2.05) is 11.3 Å². The molecule has 2 aliphatic rings. The molecule has 2 bridgehead atoms. The highest BCUT2D eigenvalue weighted by Crippen LogP contribution is 2.62. The minimum Gasteiger partial charge on any atom is -0.306 e. The van der Waals surface area contributed by atoms with Crippen LogP contribution in [0.5, 0.6) is 0 Å². The van der Waals surface area contributed by atoms with Gasteiger partial charge in [-0.25, -0.2) is 0 Å². The lowest BCUT2D eigenvalue weighted by Gasteiger charge is -2.44. The molecule has 4 atom stereocenters. The molecule has 3 unspecified atom stereocenters. The van der Waals surface area contributed by atoms with Crippen molar-refractivity contribution in [2.24, 2.45) is 16.7 Å². The first-order chi connectivity index (χ1) is 8.43. The largest absolute Gasteiger partial charge is 0.306 e. The molecule has 1 aromatic rings. The summed E-state index contributed by atoms with van der Waals surface area (Å²) >= 11 is 1.87. The van der Waals surface area contributed by atoms with Gasteiger partial charge in [0.25, 0.3) is 0 Å². The number of rotatable bonds is 3. The number of hydrogen-bond donors (Lipinski definition) is 1. The predicted octanol–water partition coefficient (Wildman–Crippen LogP) is 4.61. The van der Waals surface area contributed by atoms with Crippen molar-refractivity contribution in [3.05, 3.63) is 22.4 Å². The van der Waals surface area contributed by atoms with Gasteiger partial charge in [-0.05, 0) is 54.4 Å². The Morgan fingerprint density at radius 2 is 2.17 bits per heavy atom. The highest BCUT2D eigenvalue weighted by atomic mass is 32.1. The average molecular weight is 263 g/mol. The van der Waals surface area contributed by atoms with E-state index in [1.54, 1.807) is 0 Å². The smallest absolute Gasteiger partial charge is 0.0388 e. The van der Waals surface area contributed by atoms with Gasteiger partial charge in [0, 0.05) is 17.0 Å². The SMILES string of the molecule is C[C@@H](NC1C2(C)CCC(C2)C1(C)C)c1cccs1. The number of thiophene rings is 1. The van der Waals surface area contributed by atoms with Gasteiger partial charge in [-0.15, -0.1) is 11.3 Å². The minimum absolute atomic E-state index is 0.457. The van der Waals surface area contributed by atoms with Crippen LogP contribution in [0.25, 0.3) is 0 Å². The van der Waals surface area contributed by atoms with E-state index in [4.69, 9.17) is 0 Å². The van der Waals surface area contributed by atoms with E-state index in [1.165, 1.54) is 24.1 Å². The Hall–Kier alpha value is -0.340. The molecule has 1 aromatic heterocycles. The second-order valence-corrected chi connectivity index (χ2v) is 8.23. The summed E-state index contributed by atoms with van der Waals surface area (Å²) in [4.78, 5) is 1.47. The van der Waals surface area contributed by atoms with Crippen LogP contribution in [-0.2, 0) is 0 Å². The van der Waals surface area contributed by atoms with Gasteiger partial charge in [0.2, 0.25) is 0 Å². The summed E-state index contributed by atoms with van der Waals surface area (Å²) in [7, 11) is 0. The van der Waals surface area contributed by atoms with Crippen LogP contribution in [-0.4, -0.2) is 6.04 Å². The maximum absolute atomic E-state index is 3.95. The van der Waals surface area contributed by atoms with Gasteiger partial charge in [0.1, 0.15) is 0 Å². The summed E-state index contributed by atoms with van der Waals surface area (Å²) in [6.45, 7) is 9.76. The molecule has 0 radical (unpaired) electrons. The molecule has 3 rings (SSSR count). The fraction of sp³-hybridized carbons (Fsp3) is 0.750. The third-order valence-corrected chi connectivity index (χ3v) is 6.71. The quantitative estimate of drug-likeness (QED) is 0.839. The molecular formula is C16H25NS. The van der Waals surface area contributed by atoms with Crippen LogP contribution in [0.1, 0.15) is 57.9 Å². The normalized spacial score (nSPS) is 39.1. The molecule has 2 aliphatic carbocycles. The summed E-state index contributed by atoms with van der Waals surface area (Å²) in [5.74, 6) is 0.926. The number of fused-ring (bicyclic) bond motifs is 2. The van der Waals surface area contributed by atoms with E-state index < -0.39 is 0 Å². The Bertz CT molecular complexity index is 418. The topological polar surface area (TPSA) is 12.0 Å². The number of hydrogen-bond acceptors (Lipinski definition) is 2. The zero-order valence-corrected chi connectivity index (χ0v) is 12.8. The van der Waals surface area contributed by atoms with E-state index in [-0.39, 0.29) is 0 Å². The van der Waals surface area contributed by atoms with Gasteiger partial charge >= 0.3 is 0 Å². The van der Waals surface area contributed by atoms with Crippen LogP contribution < -0.4 is 5.32 Å². The second kappa shape index (κ2) is 4.08. The second-order valence-electron chi connectivity index (χ2n) is 7.25. The monoisotopic (exact) mass is 263 g/mol. The molecule has 0 saturated heterocycles. The molecule has 2 heteroatoms. The van der Waals surface area contributed by atoms with Gasteiger partial charge in [0.05, 0.1) is 0 Å². The molecule has 2 saturated carbocycles. The van der Waals surface area contributed by atoms with Crippen molar-refractivity contribution in [3.8, 4) is 0 Å². The summed E-state index contributed by atoms with van der Waals surface area (Å²) in [6.07, 6.45) is 4.28. The van der Waals surface area contributed by atoms with Gasteiger partial charge in [-0.2, -0.15) is 0 Å². The molecule has 1 N–H and O–H groups in total. The fourth-order valence-electron chi connectivity index (χ4n) is 4.59. The average Bonchev–Trinajstić information content (AvgIpc) is 2.96.